The number of aryl methyl sites for hydroxylation is 2. The molecule has 1 saturated heterocycles. The van der Waals surface area contributed by atoms with E-state index in [9.17, 15) is 14.4 Å². The first-order chi connectivity index (χ1) is 11.5. The first-order valence-electron chi connectivity index (χ1n) is 7.81. The lowest BCUT2D eigenvalue weighted by Crippen LogP contribution is -2.54. The molecule has 7 nitrogen and oxygen atoms in total. The number of hydrogen-bond donors (Lipinski definition) is 2. The van der Waals surface area contributed by atoms with Gasteiger partial charge in [0.05, 0.1) is 5.56 Å². The number of carbonyl (C=O) groups excluding carboxylic acids is 2. The van der Waals surface area contributed by atoms with Crippen molar-refractivity contribution in [1.82, 2.24) is 15.4 Å². The minimum absolute atomic E-state index is 0.00752. The molecule has 3 heterocycles. The van der Waals surface area contributed by atoms with Gasteiger partial charge in [-0.2, -0.15) is 16.5 Å². The Bertz CT molecular complexity index is 813. The molecular weight excluding hydrogens is 330 g/mol. The van der Waals surface area contributed by atoms with Gasteiger partial charge in [-0.3, -0.25) is 14.4 Å². The van der Waals surface area contributed by atoms with Crippen LogP contribution in [0.5, 0.6) is 0 Å². The summed E-state index contributed by atoms with van der Waals surface area (Å²) in [5.41, 5.74) is 1.34. The van der Waals surface area contributed by atoms with E-state index in [1.807, 2.05) is 17.7 Å². The second kappa shape index (κ2) is 6.64. The zero-order valence-corrected chi connectivity index (χ0v) is 14.4. The highest BCUT2D eigenvalue weighted by Crippen LogP contribution is 2.23. The van der Waals surface area contributed by atoms with Crippen LogP contribution in [0.1, 0.15) is 39.0 Å². The number of nitrogens with zero attached hydrogens (tertiary/aromatic N) is 1. The molecule has 0 saturated carbocycles. The van der Waals surface area contributed by atoms with Crippen molar-refractivity contribution in [1.29, 1.82) is 0 Å². The average molecular weight is 349 g/mol. The highest BCUT2D eigenvalue weighted by molar-refractivity contribution is 7.08. The minimum Gasteiger partial charge on any atom is -0.383 e. The van der Waals surface area contributed by atoms with Crippen LogP contribution in [-0.4, -0.2) is 41.5 Å². The third-order valence-electron chi connectivity index (χ3n) is 4.25. The Labute approximate surface area is 142 Å². The Hall–Kier alpha value is -2.35. The summed E-state index contributed by atoms with van der Waals surface area (Å²) in [6, 6.07) is 0. The van der Waals surface area contributed by atoms with Gasteiger partial charge in [0.2, 0.25) is 0 Å². The number of thiophene rings is 1. The Morgan fingerprint density at radius 2 is 2.17 bits per heavy atom. The third kappa shape index (κ3) is 3.01. The van der Waals surface area contributed by atoms with Crippen LogP contribution in [0, 0.1) is 12.8 Å². The van der Waals surface area contributed by atoms with Gasteiger partial charge in [0.1, 0.15) is 11.3 Å². The number of rotatable bonds is 5. The fourth-order valence-corrected chi connectivity index (χ4v) is 3.71. The number of likely N-dealkylation sites (tertiary alicyclic amines) is 1. The second-order valence-corrected chi connectivity index (χ2v) is 6.66. The van der Waals surface area contributed by atoms with Gasteiger partial charge < -0.3 is 14.7 Å². The number of aromatic amines is 1. The summed E-state index contributed by atoms with van der Waals surface area (Å²) in [6.45, 7) is 5.24. The molecule has 0 spiro atoms. The van der Waals surface area contributed by atoms with Crippen LogP contribution in [0.2, 0.25) is 0 Å². The molecule has 8 heteroatoms. The van der Waals surface area contributed by atoms with E-state index in [-0.39, 0.29) is 23.1 Å². The molecule has 0 atom stereocenters. The Kier molecular flexibility index (Phi) is 4.57. The largest absolute Gasteiger partial charge is 0.383 e. The molecule has 2 aromatic heterocycles. The fourth-order valence-electron chi connectivity index (χ4n) is 2.79. The summed E-state index contributed by atoms with van der Waals surface area (Å²) in [5.74, 6) is 0.0801. The molecule has 2 amide bonds. The molecule has 2 aromatic rings. The highest BCUT2D eigenvalue weighted by atomic mass is 32.1. The van der Waals surface area contributed by atoms with E-state index in [0.29, 0.717) is 19.6 Å². The molecule has 0 bridgehead atoms. The lowest BCUT2D eigenvalue weighted by molar-refractivity contribution is 0.0497. The van der Waals surface area contributed by atoms with Crippen molar-refractivity contribution in [2.24, 2.45) is 5.92 Å². The molecule has 2 N–H and O–H groups in total. The molecule has 0 aromatic carbocycles. The van der Waals surface area contributed by atoms with Crippen LogP contribution in [0.15, 0.2) is 20.1 Å². The maximum atomic E-state index is 12.4. The van der Waals surface area contributed by atoms with Crippen molar-refractivity contribution >= 4 is 23.2 Å². The zero-order valence-electron chi connectivity index (χ0n) is 13.5. The molecule has 1 aliphatic heterocycles. The number of aromatic nitrogens is 1. The number of nitrogens with one attached hydrogen (secondary N) is 2. The Morgan fingerprint density at radius 3 is 2.79 bits per heavy atom. The second-order valence-electron chi connectivity index (χ2n) is 5.91. The summed E-state index contributed by atoms with van der Waals surface area (Å²) in [6.07, 6.45) is 0.844. The Balaban J connectivity index is 1.50. The van der Waals surface area contributed by atoms with Crippen LogP contribution in [0.4, 0.5) is 0 Å². The standard InChI is InChI=1S/C16H19N3O4S/c1-3-11-7-24-8-12(11)16(22)19-5-10(6-19)4-17-14(20)13-9(2)23-18-15(13)21/h7-8,10H,3-6H2,1-2H3,(H,17,20)(H,18,21). The molecule has 0 aliphatic carbocycles. The number of H-pyrrole nitrogens is 1. The van der Waals surface area contributed by atoms with Crippen molar-refractivity contribution in [2.75, 3.05) is 19.6 Å². The van der Waals surface area contributed by atoms with E-state index in [2.05, 4.69) is 10.5 Å². The lowest BCUT2D eigenvalue weighted by Gasteiger charge is -2.39. The van der Waals surface area contributed by atoms with E-state index < -0.39 is 11.5 Å². The van der Waals surface area contributed by atoms with Crippen LogP contribution < -0.4 is 10.9 Å². The third-order valence-corrected chi connectivity index (χ3v) is 5.04. The van der Waals surface area contributed by atoms with Gasteiger partial charge >= 0.3 is 0 Å². The van der Waals surface area contributed by atoms with E-state index in [0.717, 1.165) is 17.5 Å². The predicted molar refractivity (Wildman–Crippen MR) is 89.5 cm³/mol. The van der Waals surface area contributed by atoms with Crippen LogP contribution >= 0.6 is 11.3 Å². The van der Waals surface area contributed by atoms with Crippen LogP contribution in [0.25, 0.3) is 0 Å². The normalized spacial score (nSPS) is 14.5. The van der Waals surface area contributed by atoms with Crippen molar-refractivity contribution in [3.05, 3.63) is 43.6 Å². The topological polar surface area (TPSA) is 95.4 Å². The van der Waals surface area contributed by atoms with Crippen molar-refractivity contribution in [3.8, 4) is 0 Å². The Morgan fingerprint density at radius 1 is 1.42 bits per heavy atom. The van der Waals surface area contributed by atoms with E-state index in [4.69, 9.17) is 4.52 Å². The van der Waals surface area contributed by atoms with Crippen LogP contribution in [0.3, 0.4) is 0 Å². The fraction of sp³-hybridized carbons (Fsp3) is 0.438. The summed E-state index contributed by atoms with van der Waals surface area (Å²) in [7, 11) is 0. The summed E-state index contributed by atoms with van der Waals surface area (Å²) in [4.78, 5) is 37.7. The van der Waals surface area contributed by atoms with Gasteiger partial charge in [0.15, 0.2) is 0 Å². The highest BCUT2D eigenvalue weighted by Gasteiger charge is 2.32. The van der Waals surface area contributed by atoms with E-state index in [1.165, 1.54) is 0 Å². The van der Waals surface area contributed by atoms with Gasteiger partial charge in [-0.15, -0.1) is 0 Å². The number of amides is 2. The summed E-state index contributed by atoms with van der Waals surface area (Å²) < 4.78 is 4.82. The summed E-state index contributed by atoms with van der Waals surface area (Å²) in [5, 5.41) is 8.77. The number of hydrogen-bond acceptors (Lipinski definition) is 5. The summed E-state index contributed by atoms with van der Waals surface area (Å²) >= 11 is 1.54. The maximum Gasteiger partial charge on any atom is 0.293 e. The van der Waals surface area contributed by atoms with Gasteiger partial charge in [0.25, 0.3) is 17.4 Å². The SMILES string of the molecule is CCc1cscc1C(=O)N1CC(CNC(=O)c2c(C)o[nH]c2=O)C1. The maximum absolute atomic E-state index is 12.4. The molecule has 0 radical (unpaired) electrons. The molecule has 24 heavy (non-hydrogen) atoms. The van der Waals surface area contributed by atoms with Crippen molar-refractivity contribution in [2.45, 2.75) is 20.3 Å². The zero-order chi connectivity index (χ0) is 17.3. The van der Waals surface area contributed by atoms with Crippen molar-refractivity contribution in [3.63, 3.8) is 0 Å². The minimum atomic E-state index is -0.528. The monoisotopic (exact) mass is 349 g/mol. The van der Waals surface area contributed by atoms with Gasteiger partial charge in [-0.25, -0.2) is 0 Å². The molecular formula is C16H19N3O4S. The molecule has 0 unspecified atom stereocenters. The van der Waals surface area contributed by atoms with Gasteiger partial charge in [0, 0.05) is 30.9 Å². The first kappa shape index (κ1) is 16.5. The molecule has 128 valence electrons. The first-order valence-corrected chi connectivity index (χ1v) is 8.76. The van der Waals surface area contributed by atoms with Gasteiger partial charge in [-0.1, -0.05) is 6.92 Å². The van der Waals surface area contributed by atoms with E-state index >= 15 is 0 Å². The predicted octanol–water partition coefficient (Wildman–Crippen LogP) is 1.40. The molecule has 1 aliphatic rings. The molecule has 3 rings (SSSR count). The van der Waals surface area contributed by atoms with Gasteiger partial charge in [-0.05, 0) is 24.3 Å². The lowest BCUT2D eigenvalue weighted by atomic mass is 9.98. The average Bonchev–Trinajstić information content (AvgIpc) is 3.11. The quantitative estimate of drug-likeness (QED) is 0.853. The number of carbonyl (C=O) groups is 2. The van der Waals surface area contributed by atoms with E-state index in [1.54, 1.807) is 23.2 Å². The van der Waals surface area contributed by atoms with Crippen LogP contribution in [-0.2, 0) is 6.42 Å². The smallest absolute Gasteiger partial charge is 0.293 e. The molecule has 1 fully saturated rings. The van der Waals surface area contributed by atoms with Crippen molar-refractivity contribution < 1.29 is 14.1 Å².